The second-order valence-corrected chi connectivity index (χ2v) is 8.02. The summed E-state index contributed by atoms with van der Waals surface area (Å²) in [6.45, 7) is 0. The van der Waals surface area contributed by atoms with Gasteiger partial charge >= 0.3 is 0 Å². The molecule has 3 aromatic heterocycles. The average Bonchev–Trinajstić information content (AvgIpc) is 3.38. The van der Waals surface area contributed by atoms with E-state index in [1.807, 2.05) is 24.3 Å². The number of aromatic amines is 2. The molecule has 0 atom stereocenters. The van der Waals surface area contributed by atoms with Crippen LogP contribution in [0.2, 0.25) is 0 Å². The van der Waals surface area contributed by atoms with Crippen molar-refractivity contribution in [3.63, 3.8) is 0 Å². The molecule has 0 fully saturated rings. The summed E-state index contributed by atoms with van der Waals surface area (Å²) >= 11 is 1.58. The number of carbonyl (C=O) groups excluding carboxylic acids is 1. The highest BCUT2D eigenvalue weighted by Gasteiger charge is 2.10. The minimum Gasteiger partial charge on any atom is -0.358 e. The van der Waals surface area contributed by atoms with Crippen molar-refractivity contribution in [3.8, 4) is 0 Å². The Morgan fingerprint density at radius 1 is 1.13 bits per heavy atom. The molecule has 2 aromatic carbocycles. The summed E-state index contributed by atoms with van der Waals surface area (Å²) in [5.41, 5.74) is 4.02. The van der Waals surface area contributed by atoms with Crippen LogP contribution in [-0.4, -0.2) is 31.1 Å². The number of rotatable bonds is 6. The van der Waals surface area contributed by atoms with Gasteiger partial charge in [0.1, 0.15) is 17.2 Å². The normalized spacial score (nSPS) is 11.3. The van der Waals surface area contributed by atoms with Crippen LogP contribution in [0.1, 0.15) is 11.3 Å². The molecule has 0 spiro atoms. The minimum atomic E-state index is -0.298. The first-order chi connectivity index (χ1) is 15.1. The Kier molecular flexibility index (Phi) is 5.09. The molecule has 5 rings (SSSR count). The summed E-state index contributed by atoms with van der Waals surface area (Å²) in [5, 5.41) is 12.3. The van der Waals surface area contributed by atoms with Crippen molar-refractivity contribution in [3.05, 3.63) is 78.1 Å². The quantitative estimate of drug-likeness (QED) is 0.272. The molecular formula is C22H17FN6OS. The fourth-order valence-corrected chi connectivity index (χ4v) is 4.29. The van der Waals surface area contributed by atoms with Crippen molar-refractivity contribution in [1.29, 1.82) is 0 Å². The molecule has 0 aliphatic carbocycles. The highest BCUT2D eigenvalue weighted by molar-refractivity contribution is 7.98. The molecule has 0 saturated carbocycles. The van der Waals surface area contributed by atoms with E-state index in [0.717, 1.165) is 38.3 Å². The van der Waals surface area contributed by atoms with Crippen LogP contribution in [0.5, 0.6) is 0 Å². The molecule has 0 aliphatic heterocycles. The smallest absolute Gasteiger partial charge is 0.230 e. The molecule has 9 heteroatoms. The molecule has 0 aliphatic rings. The number of hydrogen-bond donors (Lipinski definition) is 3. The number of thioether (sulfide) groups is 1. The molecule has 5 aromatic rings. The molecule has 3 heterocycles. The van der Waals surface area contributed by atoms with E-state index in [-0.39, 0.29) is 18.1 Å². The molecule has 0 unspecified atom stereocenters. The van der Waals surface area contributed by atoms with E-state index in [1.165, 1.54) is 18.5 Å². The predicted molar refractivity (Wildman–Crippen MR) is 118 cm³/mol. The van der Waals surface area contributed by atoms with Crippen LogP contribution in [0.3, 0.4) is 0 Å². The Morgan fingerprint density at radius 2 is 2.06 bits per heavy atom. The average molecular weight is 432 g/mol. The highest BCUT2D eigenvalue weighted by Crippen LogP contribution is 2.27. The maximum Gasteiger partial charge on any atom is 0.230 e. The van der Waals surface area contributed by atoms with Crippen molar-refractivity contribution < 1.29 is 9.18 Å². The first-order valence-electron chi connectivity index (χ1n) is 9.57. The maximum atomic E-state index is 13.4. The molecule has 3 N–H and O–H groups in total. The van der Waals surface area contributed by atoms with Crippen LogP contribution < -0.4 is 5.32 Å². The predicted octanol–water partition coefficient (Wildman–Crippen LogP) is 4.45. The maximum absolute atomic E-state index is 13.4. The zero-order valence-electron chi connectivity index (χ0n) is 16.2. The third-order valence-electron chi connectivity index (χ3n) is 4.79. The molecule has 0 bridgehead atoms. The summed E-state index contributed by atoms with van der Waals surface area (Å²) in [6.07, 6.45) is 3.40. The molecule has 31 heavy (non-hydrogen) atoms. The van der Waals surface area contributed by atoms with Crippen LogP contribution in [0, 0.1) is 5.82 Å². The van der Waals surface area contributed by atoms with Crippen molar-refractivity contribution in [2.45, 2.75) is 17.2 Å². The Hall–Kier alpha value is -3.72. The molecule has 0 radical (unpaired) electrons. The first-order valence-corrected chi connectivity index (χ1v) is 10.6. The van der Waals surface area contributed by atoms with E-state index >= 15 is 0 Å². The van der Waals surface area contributed by atoms with E-state index in [4.69, 9.17) is 0 Å². The number of hydrogen-bond acceptors (Lipinski definition) is 5. The Labute approximate surface area is 180 Å². The van der Waals surface area contributed by atoms with Crippen molar-refractivity contribution in [2.24, 2.45) is 0 Å². The standard InChI is InChI=1S/C22H17FN6OS/c23-15-4-5-19-14(7-15)8-17(27-19)9-20(30)28-16-3-1-2-13(6-16)11-31-22-18-10-26-29-21(18)24-12-25-22/h1-8,10,12,27H,9,11H2,(H,28,30)(H,24,25,26,29). The molecule has 0 saturated heterocycles. The molecule has 1 amide bonds. The van der Waals surface area contributed by atoms with Gasteiger partial charge in [0.15, 0.2) is 5.65 Å². The topological polar surface area (TPSA) is 99.4 Å². The number of aromatic nitrogens is 5. The fraction of sp³-hybridized carbons (Fsp3) is 0.0909. The van der Waals surface area contributed by atoms with Gasteiger partial charge in [-0.05, 0) is 42.0 Å². The Bertz CT molecular complexity index is 1400. The van der Waals surface area contributed by atoms with E-state index < -0.39 is 0 Å². The SMILES string of the molecule is O=C(Cc1cc2cc(F)ccc2[nH]1)Nc1cccc(CSc2ncnc3[nH]ncc23)c1. The number of fused-ring (bicyclic) bond motifs is 2. The van der Waals surface area contributed by atoms with E-state index in [1.54, 1.807) is 30.1 Å². The summed E-state index contributed by atoms with van der Waals surface area (Å²) in [7, 11) is 0. The second-order valence-electron chi connectivity index (χ2n) is 7.05. The monoisotopic (exact) mass is 432 g/mol. The Balaban J connectivity index is 1.24. The van der Waals surface area contributed by atoms with Crippen molar-refractivity contribution in [2.75, 3.05) is 5.32 Å². The Morgan fingerprint density at radius 3 is 3.00 bits per heavy atom. The van der Waals surface area contributed by atoms with Crippen molar-refractivity contribution >= 4 is 45.3 Å². The second kappa shape index (κ2) is 8.19. The minimum absolute atomic E-state index is 0.146. The molecule has 154 valence electrons. The summed E-state index contributed by atoms with van der Waals surface area (Å²) < 4.78 is 13.4. The van der Waals surface area contributed by atoms with Gasteiger partial charge in [-0.15, -0.1) is 11.8 Å². The number of nitrogens with one attached hydrogen (secondary N) is 3. The third kappa shape index (κ3) is 4.26. The highest BCUT2D eigenvalue weighted by atomic mass is 32.2. The zero-order chi connectivity index (χ0) is 21.2. The zero-order valence-corrected chi connectivity index (χ0v) is 17.0. The lowest BCUT2D eigenvalue weighted by Crippen LogP contribution is -2.14. The number of carbonyl (C=O) groups is 1. The number of amides is 1. The van der Waals surface area contributed by atoms with Gasteiger partial charge in [0.2, 0.25) is 5.91 Å². The van der Waals surface area contributed by atoms with Crippen LogP contribution in [0.4, 0.5) is 10.1 Å². The lowest BCUT2D eigenvalue weighted by Gasteiger charge is -2.07. The van der Waals surface area contributed by atoms with E-state index in [0.29, 0.717) is 11.4 Å². The number of H-pyrrole nitrogens is 2. The van der Waals surface area contributed by atoms with Gasteiger partial charge in [0.05, 0.1) is 18.0 Å². The van der Waals surface area contributed by atoms with Gasteiger partial charge in [0, 0.05) is 28.0 Å². The first kappa shape index (κ1) is 19.3. The number of nitrogens with zero attached hydrogens (tertiary/aromatic N) is 3. The lowest BCUT2D eigenvalue weighted by molar-refractivity contribution is -0.115. The van der Waals surface area contributed by atoms with Gasteiger partial charge in [-0.25, -0.2) is 14.4 Å². The van der Waals surface area contributed by atoms with Crippen LogP contribution in [0.25, 0.3) is 21.9 Å². The van der Waals surface area contributed by atoms with E-state index in [2.05, 4.69) is 30.5 Å². The number of benzene rings is 2. The summed E-state index contributed by atoms with van der Waals surface area (Å²) in [5.74, 6) is 0.245. The number of anilines is 1. The van der Waals surface area contributed by atoms with Crippen LogP contribution in [0.15, 0.2) is 66.1 Å². The van der Waals surface area contributed by atoms with Gasteiger partial charge in [-0.1, -0.05) is 12.1 Å². The van der Waals surface area contributed by atoms with Gasteiger partial charge < -0.3 is 10.3 Å². The van der Waals surface area contributed by atoms with Crippen molar-refractivity contribution in [1.82, 2.24) is 25.1 Å². The van der Waals surface area contributed by atoms with Gasteiger partial charge in [0.25, 0.3) is 0 Å². The lowest BCUT2D eigenvalue weighted by atomic mass is 10.2. The van der Waals surface area contributed by atoms with Gasteiger partial charge in [-0.3, -0.25) is 9.89 Å². The van der Waals surface area contributed by atoms with E-state index in [9.17, 15) is 9.18 Å². The molecule has 7 nitrogen and oxygen atoms in total. The fourth-order valence-electron chi connectivity index (χ4n) is 3.39. The summed E-state index contributed by atoms with van der Waals surface area (Å²) in [4.78, 5) is 24.1. The van der Waals surface area contributed by atoms with Gasteiger partial charge in [-0.2, -0.15) is 5.10 Å². The molecular weight excluding hydrogens is 415 g/mol. The van der Waals surface area contributed by atoms with Crippen LogP contribution >= 0.6 is 11.8 Å². The number of halogens is 1. The summed E-state index contributed by atoms with van der Waals surface area (Å²) in [6, 6.07) is 14.0. The third-order valence-corrected chi connectivity index (χ3v) is 5.86. The van der Waals surface area contributed by atoms with Crippen LogP contribution in [-0.2, 0) is 17.0 Å². The largest absolute Gasteiger partial charge is 0.358 e.